The molecule has 0 radical (unpaired) electrons. The van der Waals surface area contributed by atoms with Crippen LogP contribution in [0.1, 0.15) is 18.9 Å². The molecule has 1 aromatic carbocycles. The molecule has 4 heteroatoms. The van der Waals surface area contributed by atoms with Crippen molar-refractivity contribution in [3.63, 3.8) is 0 Å². The van der Waals surface area contributed by atoms with Crippen LogP contribution in [0.25, 0.3) is 0 Å². The molecule has 0 aliphatic carbocycles. The second-order valence-electron chi connectivity index (χ2n) is 3.51. The van der Waals surface area contributed by atoms with E-state index < -0.39 is 0 Å². The van der Waals surface area contributed by atoms with Gasteiger partial charge in [-0.25, -0.2) is 0 Å². The van der Waals surface area contributed by atoms with Crippen molar-refractivity contribution >= 4 is 11.6 Å². The molecule has 0 atom stereocenters. The summed E-state index contributed by atoms with van der Waals surface area (Å²) in [6.07, 6.45) is 1.000. The Morgan fingerprint density at radius 1 is 1.44 bits per heavy atom. The van der Waals surface area contributed by atoms with Crippen LogP contribution in [0, 0.1) is 0 Å². The van der Waals surface area contributed by atoms with Crippen molar-refractivity contribution in [2.75, 3.05) is 19.8 Å². The second-order valence-corrected chi connectivity index (χ2v) is 3.92. The van der Waals surface area contributed by atoms with E-state index >= 15 is 0 Å². The van der Waals surface area contributed by atoms with Gasteiger partial charge in [0.1, 0.15) is 5.75 Å². The maximum Gasteiger partial charge on any atom is 0.134 e. The number of phenols is 1. The Morgan fingerprint density at radius 2 is 2.25 bits per heavy atom. The summed E-state index contributed by atoms with van der Waals surface area (Å²) in [6.45, 7) is 5.23. The first-order valence-corrected chi connectivity index (χ1v) is 5.87. The molecule has 0 aromatic heterocycles. The first-order chi connectivity index (χ1) is 7.74. The lowest BCUT2D eigenvalue weighted by atomic mass is 10.2. The number of halogens is 1. The maximum atomic E-state index is 9.24. The number of ether oxygens (including phenoxy) is 1. The van der Waals surface area contributed by atoms with E-state index in [4.69, 9.17) is 16.3 Å². The van der Waals surface area contributed by atoms with Crippen molar-refractivity contribution in [3.05, 3.63) is 28.8 Å². The molecular formula is C12H18ClNO2. The van der Waals surface area contributed by atoms with Crippen LogP contribution in [0.3, 0.4) is 0 Å². The smallest absolute Gasteiger partial charge is 0.134 e. The lowest BCUT2D eigenvalue weighted by molar-refractivity contribution is 0.144. The monoisotopic (exact) mass is 243 g/mol. The predicted octanol–water partition coefficient (Wildman–Crippen LogP) is 2.56. The van der Waals surface area contributed by atoms with Crippen LogP contribution in [0.2, 0.25) is 5.02 Å². The fourth-order valence-corrected chi connectivity index (χ4v) is 1.54. The fraction of sp³-hybridized carbons (Fsp3) is 0.500. The van der Waals surface area contributed by atoms with E-state index in [0.717, 1.165) is 38.3 Å². The molecule has 0 aliphatic heterocycles. The Balaban J connectivity index is 2.19. The highest BCUT2D eigenvalue weighted by atomic mass is 35.5. The number of nitrogens with one attached hydrogen (secondary N) is 1. The zero-order valence-corrected chi connectivity index (χ0v) is 10.3. The van der Waals surface area contributed by atoms with Gasteiger partial charge in [-0.3, -0.25) is 0 Å². The Hall–Kier alpha value is -0.770. The Kier molecular flexibility index (Phi) is 6.23. The standard InChI is InChI=1S/C12H18ClNO2/c1-2-16-7-3-6-14-9-10-4-5-12(15)11(13)8-10/h4-5,8,14-15H,2-3,6-7,9H2,1H3. The second kappa shape index (κ2) is 7.49. The quantitative estimate of drug-likeness (QED) is 0.724. The molecule has 0 bridgehead atoms. The Morgan fingerprint density at radius 3 is 2.94 bits per heavy atom. The molecule has 90 valence electrons. The SMILES string of the molecule is CCOCCCNCc1ccc(O)c(Cl)c1. The highest BCUT2D eigenvalue weighted by Gasteiger charge is 1.99. The molecule has 0 unspecified atom stereocenters. The third-order valence-electron chi connectivity index (χ3n) is 2.19. The molecule has 0 fully saturated rings. The summed E-state index contributed by atoms with van der Waals surface area (Å²) in [4.78, 5) is 0. The molecule has 0 amide bonds. The first kappa shape index (κ1) is 13.3. The topological polar surface area (TPSA) is 41.5 Å². The molecule has 1 rings (SSSR count). The maximum absolute atomic E-state index is 9.24. The molecular weight excluding hydrogens is 226 g/mol. The number of phenolic OH excluding ortho intramolecular Hbond substituents is 1. The van der Waals surface area contributed by atoms with E-state index in [2.05, 4.69) is 5.32 Å². The van der Waals surface area contributed by atoms with Gasteiger partial charge in [0, 0.05) is 19.8 Å². The zero-order chi connectivity index (χ0) is 11.8. The van der Waals surface area contributed by atoms with Crippen molar-refractivity contribution in [2.24, 2.45) is 0 Å². The molecule has 0 saturated carbocycles. The third kappa shape index (κ3) is 4.84. The van der Waals surface area contributed by atoms with Gasteiger partial charge >= 0.3 is 0 Å². The van der Waals surface area contributed by atoms with Gasteiger partial charge < -0.3 is 15.2 Å². The van der Waals surface area contributed by atoms with Gasteiger partial charge in [0.25, 0.3) is 0 Å². The molecule has 16 heavy (non-hydrogen) atoms. The summed E-state index contributed by atoms with van der Waals surface area (Å²) in [7, 11) is 0. The van der Waals surface area contributed by atoms with E-state index in [-0.39, 0.29) is 5.75 Å². The van der Waals surface area contributed by atoms with Crippen LogP contribution in [-0.2, 0) is 11.3 Å². The summed E-state index contributed by atoms with van der Waals surface area (Å²) < 4.78 is 5.23. The van der Waals surface area contributed by atoms with Gasteiger partial charge in [-0.2, -0.15) is 0 Å². The van der Waals surface area contributed by atoms with Crippen LogP contribution in [-0.4, -0.2) is 24.9 Å². The lowest BCUT2D eigenvalue weighted by Crippen LogP contribution is -2.16. The number of hydrogen-bond donors (Lipinski definition) is 2. The summed E-state index contributed by atoms with van der Waals surface area (Å²) >= 11 is 5.80. The van der Waals surface area contributed by atoms with Gasteiger partial charge in [0.2, 0.25) is 0 Å². The van der Waals surface area contributed by atoms with Gasteiger partial charge in [0.15, 0.2) is 0 Å². The van der Waals surface area contributed by atoms with Crippen molar-refractivity contribution in [1.29, 1.82) is 0 Å². The fourth-order valence-electron chi connectivity index (χ4n) is 1.34. The number of benzene rings is 1. The molecule has 0 aliphatic rings. The average Bonchev–Trinajstić information content (AvgIpc) is 2.28. The van der Waals surface area contributed by atoms with Crippen LogP contribution < -0.4 is 5.32 Å². The predicted molar refractivity (Wildman–Crippen MR) is 65.9 cm³/mol. The summed E-state index contributed by atoms with van der Waals surface area (Å²) in [5.74, 6) is 0.127. The van der Waals surface area contributed by atoms with Crippen LogP contribution >= 0.6 is 11.6 Å². The average molecular weight is 244 g/mol. The highest BCUT2D eigenvalue weighted by Crippen LogP contribution is 2.23. The van der Waals surface area contributed by atoms with E-state index in [9.17, 15) is 5.11 Å². The van der Waals surface area contributed by atoms with Crippen LogP contribution in [0.15, 0.2) is 18.2 Å². The molecule has 2 N–H and O–H groups in total. The van der Waals surface area contributed by atoms with Gasteiger partial charge in [-0.1, -0.05) is 17.7 Å². The van der Waals surface area contributed by atoms with Gasteiger partial charge in [-0.15, -0.1) is 0 Å². The summed E-state index contributed by atoms with van der Waals surface area (Å²) in [5, 5.41) is 12.9. The van der Waals surface area contributed by atoms with E-state index in [0.29, 0.717) is 5.02 Å². The lowest BCUT2D eigenvalue weighted by Gasteiger charge is -2.06. The van der Waals surface area contributed by atoms with E-state index in [1.165, 1.54) is 0 Å². The Labute approximate surface area is 101 Å². The normalized spacial score (nSPS) is 10.6. The molecule has 1 aromatic rings. The Bertz CT molecular complexity index is 318. The van der Waals surface area contributed by atoms with Gasteiger partial charge in [-0.05, 0) is 37.6 Å². The third-order valence-corrected chi connectivity index (χ3v) is 2.49. The number of rotatable bonds is 7. The first-order valence-electron chi connectivity index (χ1n) is 5.50. The van der Waals surface area contributed by atoms with Crippen LogP contribution in [0.4, 0.5) is 0 Å². The zero-order valence-electron chi connectivity index (χ0n) is 9.50. The number of aromatic hydroxyl groups is 1. The molecule has 0 saturated heterocycles. The minimum absolute atomic E-state index is 0.127. The van der Waals surface area contributed by atoms with E-state index in [1.807, 2.05) is 13.0 Å². The van der Waals surface area contributed by atoms with Crippen LogP contribution in [0.5, 0.6) is 5.75 Å². The number of hydrogen-bond acceptors (Lipinski definition) is 3. The van der Waals surface area contributed by atoms with E-state index in [1.54, 1.807) is 12.1 Å². The van der Waals surface area contributed by atoms with Crippen molar-refractivity contribution < 1.29 is 9.84 Å². The molecule has 3 nitrogen and oxygen atoms in total. The molecule has 0 spiro atoms. The highest BCUT2D eigenvalue weighted by molar-refractivity contribution is 6.32. The largest absolute Gasteiger partial charge is 0.506 e. The van der Waals surface area contributed by atoms with Crippen molar-refractivity contribution in [2.45, 2.75) is 19.9 Å². The summed E-state index contributed by atoms with van der Waals surface area (Å²) in [6, 6.07) is 5.24. The minimum Gasteiger partial charge on any atom is -0.506 e. The van der Waals surface area contributed by atoms with Crippen molar-refractivity contribution in [3.8, 4) is 5.75 Å². The minimum atomic E-state index is 0.127. The van der Waals surface area contributed by atoms with Crippen molar-refractivity contribution in [1.82, 2.24) is 5.32 Å². The molecule has 0 heterocycles. The van der Waals surface area contributed by atoms with Gasteiger partial charge in [0.05, 0.1) is 5.02 Å². The summed E-state index contributed by atoms with van der Waals surface area (Å²) in [5.41, 5.74) is 1.07.